The van der Waals surface area contributed by atoms with Crippen LogP contribution in [0.4, 0.5) is 28.9 Å². The predicted octanol–water partition coefficient (Wildman–Crippen LogP) is 8.43. The number of nitrogens with one attached hydrogen (secondary N) is 3. The molecule has 0 bridgehead atoms. The number of fused-ring (bicyclic) bond motifs is 5. The van der Waals surface area contributed by atoms with E-state index in [1.807, 2.05) is 12.1 Å². The number of amides is 3. The van der Waals surface area contributed by atoms with E-state index in [0.717, 1.165) is 42.0 Å². The average molecular weight is 1070 g/mol. The van der Waals surface area contributed by atoms with Gasteiger partial charge in [0.05, 0.1) is 34.2 Å². The summed E-state index contributed by atoms with van der Waals surface area (Å²) in [6, 6.07) is 14.7. The lowest BCUT2D eigenvalue weighted by atomic mass is 9.53. The van der Waals surface area contributed by atoms with Crippen LogP contribution in [0.1, 0.15) is 118 Å². The SMILES string of the molecule is C[C@@H]1CN(C(=O)[C@@H]2N[C@]3(CCCC(C)(C)C3)[C@@]3(CNc4cc(C(F)(F)F)ncc43)[C@H]2c2cccc(Cl)c2F)c2ccc(S(=O)(=O)N3CCC4(CC3)C[C@H]4C#Cc3cccc4c3CN([C@H]3CCC(=O)NC3=O)C4)cc2O1. The molecule has 0 unspecified atom stereocenters. The van der Waals surface area contributed by atoms with Gasteiger partial charge in [0.25, 0.3) is 0 Å². The van der Waals surface area contributed by atoms with Crippen molar-refractivity contribution in [2.24, 2.45) is 16.7 Å². The van der Waals surface area contributed by atoms with Gasteiger partial charge in [-0.1, -0.05) is 68.0 Å². The summed E-state index contributed by atoms with van der Waals surface area (Å²) in [5, 5.41) is 9.36. The number of benzene rings is 3. The van der Waals surface area contributed by atoms with Crippen molar-refractivity contribution >= 4 is 50.7 Å². The quantitative estimate of drug-likeness (QED) is 0.101. The van der Waals surface area contributed by atoms with E-state index in [2.05, 4.69) is 57.6 Å². The first kappa shape index (κ1) is 50.2. The van der Waals surface area contributed by atoms with Crippen molar-refractivity contribution < 1.29 is 45.1 Å². The first-order valence-electron chi connectivity index (χ1n) is 26.0. The lowest BCUT2D eigenvalue weighted by Gasteiger charge is -2.52. The number of aromatic nitrogens is 1. The molecule has 2 saturated carbocycles. The molecular weight excluding hydrogens is 1010 g/mol. The zero-order chi connectivity index (χ0) is 52.6. The molecule has 5 fully saturated rings. The molecule has 394 valence electrons. The van der Waals surface area contributed by atoms with E-state index >= 15 is 9.18 Å². The van der Waals surface area contributed by atoms with E-state index in [1.54, 1.807) is 30.0 Å². The smallest absolute Gasteiger partial charge is 0.433 e. The Morgan fingerprint density at radius 2 is 1.79 bits per heavy atom. The zero-order valence-corrected chi connectivity index (χ0v) is 43.5. The maximum atomic E-state index is 16.8. The predicted molar refractivity (Wildman–Crippen MR) is 272 cm³/mol. The minimum absolute atomic E-state index is 0.0229. The number of anilines is 2. The number of sulfonamides is 1. The highest BCUT2D eigenvalue weighted by atomic mass is 35.5. The number of alkyl halides is 3. The van der Waals surface area contributed by atoms with Crippen LogP contribution in [-0.4, -0.2) is 90.2 Å². The molecule has 8 aliphatic rings. The third-order valence-corrected chi connectivity index (χ3v) is 20.2. The Labute approximate surface area is 438 Å². The van der Waals surface area contributed by atoms with E-state index in [9.17, 15) is 31.2 Å². The van der Waals surface area contributed by atoms with E-state index < -0.39 is 62.6 Å². The van der Waals surface area contributed by atoms with Crippen molar-refractivity contribution in [2.45, 2.75) is 138 Å². The summed E-state index contributed by atoms with van der Waals surface area (Å²) in [5.74, 6) is 4.63. The number of halogens is 5. The zero-order valence-electron chi connectivity index (χ0n) is 41.9. The normalized spacial score (nSPS) is 29.8. The number of rotatable bonds is 5. The number of hydrogen-bond acceptors (Lipinski definition) is 10. The third kappa shape index (κ3) is 8.24. The minimum atomic E-state index is -4.71. The van der Waals surface area contributed by atoms with Crippen LogP contribution in [0.15, 0.2) is 71.8 Å². The van der Waals surface area contributed by atoms with Crippen LogP contribution >= 0.6 is 11.6 Å². The van der Waals surface area contributed by atoms with Crippen LogP contribution in [0, 0.1) is 34.4 Å². The number of pyridine rings is 1. The highest BCUT2D eigenvalue weighted by Crippen LogP contribution is 2.65. The number of carbonyl (C=O) groups is 3. The van der Waals surface area contributed by atoms with E-state index in [0.29, 0.717) is 76.0 Å². The van der Waals surface area contributed by atoms with Crippen LogP contribution in [0.3, 0.4) is 0 Å². The van der Waals surface area contributed by atoms with Crippen molar-refractivity contribution in [3.8, 4) is 17.6 Å². The highest BCUT2D eigenvalue weighted by Gasteiger charge is 2.70. The first-order chi connectivity index (χ1) is 35.6. The van der Waals surface area contributed by atoms with Crippen LogP contribution in [0.25, 0.3) is 0 Å². The van der Waals surface area contributed by atoms with Gasteiger partial charge in [0.1, 0.15) is 23.4 Å². The fourth-order valence-electron chi connectivity index (χ4n) is 14.4. The van der Waals surface area contributed by atoms with Crippen LogP contribution in [0.5, 0.6) is 5.75 Å². The maximum absolute atomic E-state index is 16.8. The lowest BCUT2D eigenvalue weighted by Crippen LogP contribution is -2.61. The van der Waals surface area contributed by atoms with Gasteiger partial charge in [0.15, 0.2) is 0 Å². The van der Waals surface area contributed by atoms with Crippen LogP contribution in [0.2, 0.25) is 5.02 Å². The Balaban J connectivity index is 0.800. The van der Waals surface area contributed by atoms with Gasteiger partial charge >= 0.3 is 6.18 Å². The molecule has 13 nitrogen and oxygen atoms in total. The van der Waals surface area contributed by atoms with Gasteiger partial charge in [-0.3, -0.25) is 34.9 Å². The highest BCUT2D eigenvalue weighted by molar-refractivity contribution is 7.89. The molecule has 3 saturated heterocycles. The second-order valence-corrected chi connectivity index (χ2v) is 25.4. The molecule has 12 rings (SSSR count). The summed E-state index contributed by atoms with van der Waals surface area (Å²) in [6.45, 7) is 8.03. The van der Waals surface area contributed by atoms with E-state index in [-0.39, 0.29) is 74.6 Å². The van der Waals surface area contributed by atoms with Gasteiger partial charge in [-0.2, -0.15) is 17.5 Å². The molecule has 7 heterocycles. The lowest BCUT2D eigenvalue weighted by molar-refractivity contribution is -0.141. The van der Waals surface area contributed by atoms with Gasteiger partial charge in [0.2, 0.25) is 27.7 Å². The number of piperidine rings is 2. The fourth-order valence-corrected chi connectivity index (χ4v) is 16.0. The summed E-state index contributed by atoms with van der Waals surface area (Å²) in [4.78, 5) is 47.8. The molecule has 75 heavy (non-hydrogen) atoms. The molecule has 3 amide bonds. The molecule has 7 atom stereocenters. The number of ether oxygens (including phenoxy) is 1. The Morgan fingerprint density at radius 1 is 1.00 bits per heavy atom. The fraction of sp³-hybridized carbons (Fsp3) is 0.500. The second-order valence-electron chi connectivity index (χ2n) is 23.1. The second kappa shape index (κ2) is 17.7. The number of nitrogens with zero attached hydrogens (tertiary/aromatic N) is 4. The largest absolute Gasteiger partial charge is 0.487 e. The first-order valence-corrected chi connectivity index (χ1v) is 27.8. The Bertz CT molecular complexity index is 3260. The van der Waals surface area contributed by atoms with Gasteiger partial charge in [-0.05, 0) is 110 Å². The van der Waals surface area contributed by atoms with Crippen molar-refractivity contribution in [2.75, 3.05) is 36.4 Å². The molecule has 3 N–H and O–H groups in total. The van der Waals surface area contributed by atoms with Crippen molar-refractivity contribution in [3.63, 3.8) is 0 Å². The molecule has 2 aliphatic carbocycles. The van der Waals surface area contributed by atoms with Crippen molar-refractivity contribution in [1.82, 2.24) is 24.8 Å². The van der Waals surface area contributed by atoms with Crippen LogP contribution in [-0.2, 0) is 49.1 Å². The summed E-state index contributed by atoms with van der Waals surface area (Å²) in [6.07, 6.45) is 1.60. The molecular formula is C56H58ClF4N7O6S. The summed E-state index contributed by atoms with van der Waals surface area (Å²) in [5.41, 5.74) is 0.813. The van der Waals surface area contributed by atoms with E-state index in [1.165, 1.54) is 28.7 Å². The molecule has 6 aliphatic heterocycles. The summed E-state index contributed by atoms with van der Waals surface area (Å²) >= 11 is 6.52. The molecule has 3 spiro atoms. The standard InChI is InChI=1S/C56H58ClF4N7O6S/c1-32-27-68(51(71)49-47(37-9-5-10-40(57)48(37)58)55(54(65-49)18-6-17-52(2,3)30-54)31-63-41-24-45(56(59,60)61)62-26-39(41)55)42-14-13-36(23-44(42)74-32)75(72,73)67-21-19-53(20-22-67)25-35(53)12-11-33-7-4-8-34-28-66(29-38(33)34)43-15-16-46(69)64-50(43)70/h4-5,7-10,13-14,23-24,26,32,35,43,47,49,63,65H,6,15-22,25,27-31H2,1-3H3,(H,64,69,70)/t32-,35-,43+,47+,49-,54+,55-/m1/s1. The Hall–Kier alpha value is -5.58. The average Bonchev–Trinajstić information content (AvgIpc) is 3.87. The van der Waals surface area contributed by atoms with Gasteiger partial charge in [-0.25, -0.2) is 12.8 Å². The summed E-state index contributed by atoms with van der Waals surface area (Å²) in [7, 11) is -4.02. The molecule has 19 heteroatoms. The third-order valence-electron chi connectivity index (χ3n) is 18.0. The Kier molecular flexibility index (Phi) is 11.9. The molecule has 4 aromatic rings. The van der Waals surface area contributed by atoms with Crippen LogP contribution < -0.4 is 25.6 Å². The topological polar surface area (TPSA) is 153 Å². The Morgan fingerprint density at radius 3 is 2.55 bits per heavy atom. The van der Waals surface area contributed by atoms with Gasteiger partial charge in [0, 0.05) is 91.0 Å². The van der Waals surface area contributed by atoms with Crippen molar-refractivity contribution in [1.29, 1.82) is 0 Å². The van der Waals surface area contributed by atoms with Gasteiger partial charge in [-0.15, -0.1) is 0 Å². The van der Waals surface area contributed by atoms with E-state index in [4.69, 9.17) is 16.3 Å². The summed E-state index contributed by atoms with van der Waals surface area (Å²) < 4.78 is 96.0. The molecule has 1 aromatic heterocycles. The van der Waals surface area contributed by atoms with Gasteiger partial charge < -0.3 is 15.0 Å². The molecule has 0 radical (unpaired) electrons. The monoisotopic (exact) mass is 1070 g/mol. The minimum Gasteiger partial charge on any atom is -0.487 e. The van der Waals surface area contributed by atoms with Crippen molar-refractivity contribution in [3.05, 3.63) is 111 Å². The number of hydrogen-bond donors (Lipinski definition) is 3. The number of imide groups is 1. The number of carbonyl (C=O) groups excluding carboxylic acids is 3. The molecule has 3 aromatic carbocycles. The maximum Gasteiger partial charge on any atom is 0.433 e.